The number of aliphatic hydroxyl groups is 1. The van der Waals surface area contributed by atoms with E-state index in [-0.39, 0.29) is 53.0 Å². The molecule has 1 aromatic carbocycles. The van der Waals surface area contributed by atoms with Crippen molar-refractivity contribution >= 4 is 11.9 Å². The molecule has 3 saturated heterocycles. The van der Waals surface area contributed by atoms with Crippen molar-refractivity contribution in [1.29, 1.82) is 0 Å². The van der Waals surface area contributed by atoms with Gasteiger partial charge < -0.3 is 25.2 Å². The maximum atomic E-state index is 17.4. The van der Waals surface area contributed by atoms with Crippen molar-refractivity contribution in [2.45, 2.75) is 248 Å². The maximum Gasteiger partial charge on any atom is 0.339 e. The van der Waals surface area contributed by atoms with Crippen LogP contribution in [0.25, 0.3) is 0 Å². The highest BCUT2D eigenvalue weighted by Gasteiger charge is 2.94. The zero-order valence-corrected chi connectivity index (χ0v) is 53.6. The molecule has 21 rings (SSSR count). The molecule has 8 heteroatoms. The number of aliphatic hydroxyl groups excluding tert-OH is 1. The molecule has 0 amide bonds. The minimum atomic E-state index is -1.19. The number of aryl methyl sites for hydroxylation is 1. The van der Waals surface area contributed by atoms with Gasteiger partial charge in [-0.05, 0) is 253 Å². The topological polar surface area (TPSA) is 105 Å². The number of benzene rings is 1. The van der Waals surface area contributed by atoms with Crippen molar-refractivity contribution in [1.82, 2.24) is 9.80 Å². The Labute approximate surface area is 530 Å². The van der Waals surface area contributed by atoms with E-state index in [1.807, 2.05) is 0 Å². The van der Waals surface area contributed by atoms with E-state index in [2.05, 4.69) is 64.1 Å². The molecule has 8 spiro atoms. The van der Waals surface area contributed by atoms with Crippen LogP contribution in [0, 0.1) is 121 Å². The number of carbonyl (C=O) groups is 2. The Morgan fingerprint density at radius 2 is 1.52 bits per heavy atom. The van der Waals surface area contributed by atoms with E-state index < -0.39 is 16.4 Å². The average Bonchev–Trinajstić information content (AvgIpc) is 1.55. The molecule has 1 aromatic rings. The van der Waals surface area contributed by atoms with Crippen molar-refractivity contribution in [3.05, 3.63) is 93.1 Å². The SMILES string of the molecule is NCCCc1cccc2c1C(=O)O[C@@]21[C@H]2C[C@H]([C@H]3CCC[C@]4(CCCC45CCCC5)C3)/C=C\[C@@H]3C4=C5CC[C@]16/C(=C(\O)C[C@H]1[C@@H]7CC8(CCCC8)[C@@]8(CCC[C@]89CCC[C@@H]9C#CC[C@H]8[C@H]9C[C@@H](CN81)[C@@H]1CCC8=C([C@@H]5[C@H]5[C@@H](CC=C[C@H]53)C8)N1C9)C7)OC(=O)[C@]426. The third-order valence-electron chi connectivity index (χ3n) is 33.9. The number of ether oxygens (including phenoxy) is 2. The lowest BCUT2D eigenvalue weighted by atomic mass is 9.27. The normalized spacial score (nSPS) is 50.8. The fraction of sp³-hybridized carbons (Fsp3) is 0.753. The fourth-order valence-electron chi connectivity index (χ4n) is 31.7. The van der Waals surface area contributed by atoms with Gasteiger partial charge in [0.05, 0.1) is 11.0 Å². The molecule has 7 aliphatic heterocycles. The second-order valence-corrected chi connectivity index (χ2v) is 35.5. The maximum absolute atomic E-state index is 17.4. The Balaban J connectivity index is 0.824. The van der Waals surface area contributed by atoms with Crippen LogP contribution in [-0.4, -0.2) is 64.6 Å². The summed E-state index contributed by atoms with van der Waals surface area (Å²) in [6.45, 7) is 2.73. The zero-order valence-electron chi connectivity index (χ0n) is 53.6. The number of hydrogen-bond acceptors (Lipinski definition) is 8. The van der Waals surface area contributed by atoms with E-state index in [9.17, 15) is 5.11 Å². The van der Waals surface area contributed by atoms with Gasteiger partial charge in [-0.3, -0.25) is 9.69 Å². The Morgan fingerprint density at radius 1 is 0.719 bits per heavy atom. The Kier molecular flexibility index (Phi) is 11.3. The molecule has 0 aromatic heterocycles. The molecule has 470 valence electrons. The predicted octanol–water partition coefficient (Wildman–Crippen LogP) is 16.1. The summed E-state index contributed by atoms with van der Waals surface area (Å²) in [5, 5.41) is 14.6. The van der Waals surface area contributed by atoms with Gasteiger partial charge in [-0.2, -0.15) is 0 Å². The number of esters is 2. The fourth-order valence-corrected chi connectivity index (χ4v) is 31.7. The van der Waals surface area contributed by atoms with Crippen molar-refractivity contribution in [3.63, 3.8) is 0 Å². The molecule has 7 heterocycles. The number of nitrogens with zero attached hydrogens (tertiary/aromatic N) is 2. The van der Waals surface area contributed by atoms with Gasteiger partial charge in [-0.1, -0.05) is 111 Å². The largest absolute Gasteiger partial charge is 0.509 e. The number of carbonyl (C=O) groups excluding carboxylic acids is 2. The van der Waals surface area contributed by atoms with Crippen LogP contribution >= 0.6 is 0 Å². The Morgan fingerprint density at radius 3 is 2.40 bits per heavy atom. The number of piperidine rings is 2. The van der Waals surface area contributed by atoms with Crippen LogP contribution in [0.1, 0.15) is 240 Å². The minimum absolute atomic E-state index is 0.0289. The van der Waals surface area contributed by atoms with E-state index in [0.717, 1.165) is 61.9 Å². The molecule has 13 aliphatic carbocycles. The third kappa shape index (κ3) is 6.22. The van der Waals surface area contributed by atoms with Crippen molar-refractivity contribution < 1.29 is 24.2 Å². The van der Waals surface area contributed by atoms with E-state index >= 15 is 9.59 Å². The van der Waals surface area contributed by atoms with Gasteiger partial charge in [-0.25, -0.2) is 4.79 Å². The monoisotopic (exact) mass is 1200 g/mol. The van der Waals surface area contributed by atoms with Crippen LogP contribution in [0.3, 0.4) is 0 Å². The number of hydrogen-bond donors (Lipinski definition) is 2. The molecule has 0 radical (unpaired) electrons. The third-order valence-corrected chi connectivity index (χ3v) is 33.9. The molecule has 20 aliphatic rings. The molecule has 10 bridgehead atoms. The first-order valence-electron chi connectivity index (χ1n) is 38.1. The summed E-state index contributed by atoms with van der Waals surface area (Å²) in [5.41, 5.74) is 13.8. The van der Waals surface area contributed by atoms with E-state index in [4.69, 9.17) is 15.2 Å². The molecule has 8 nitrogen and oxygen atoms in total. The molecule has 11 fully saturated rings. The van der Waals surface area contributed by atoms with Crippen LogP contribution in [0.5, 0.6) is 0 Å². The van der Waals surface area contributed by atoms with Crippen LogP contribution in [0.2, 0.25) is 0 Å². The predicted molar refractivity (Wildman–Crippen MR) is 343 cm³/mol. The number of fused-ring (bicyclic) bond motifs is 10. The molecular formula is C81H101N3O5. The lowest BCUT2D eigenvalue weighted by Gasteiger charge is -2.73. The highest BCUT2D eigenvalue weighted by molar-refractivity contribution is 6.00. The van der Waals surface area contributed by atoms with Crippen LogP contribution in [-0.2, 0) is 26.3 Å². The van der Waals surface area contributed by atoms with Crippen LogP contribution in [0.15, 0.2) is 76.4 Å². The number of allylic oxidation sites excluding steroid dienone is 6. The van der Waals surface area contributed by atoms with E-state index in [0.29, 0.717) is 112 Å². The smallest absolute Gasteiger partial charge is 0.339 e. The highest BCUT2D eigenvalue weighted by atomic mass is 16.6. The van der Waals surface area contributed by atoms with Crippen LogP contribution in [0.4, 0.5) is 0 Å². The van der Waals surface area contributed by atoms with Crippen molar-refractivity contribution in [2.75, 3.05) is 19.6 Å². The number of rotatable bonds is 4. The van der Waals surface area contributed by atoms with Gasteiger partial charge >= 0.3 is 11.9 Å². The first kappa shape index (κ1) is 54.3. The lowest BCUT2D eigenvalue weighted by Crippen LogP contribution is -2.78. The molecule has 21 atom stereocenters. The van der Waals surface area contributed by atoms with Gasteiger partial charge in [-0.15, -0.1) is 5.92 Å². The summed E-state index contributed by atoms with van der Waals surface area (Å²) >= 11 is 0. The van der Waals surface area contributed by atoms with Crippen molar-refractivity contribution in [2.24, 2.45) is 115 Å². The molecule has 0 unspecified atom stereocenters. The van der Waals surface area contributed by atoms with Gasteiger partial charge in [0, 0.05) is 79.0 Å². The highest BCUT2D eigenvalue weighted by Crippen LogP contribution is 2.89. The molecule has 89 heavy (non-hydrogen) atoms. The summed E-state index contributed by atoms with van der Waals surface area (Å²) in [6, 6.07) is 7.53. The zero-order chi connectivity index (χ0) is 58.8. The van der Waals surface area contributed by atoms with Crippen molar-refractivity contribution in [3.8, 4) is 11.8 Å². The Bertz CT molecular complexity index is 3520. The molecule has 8 saturated carbocycles. The second kappa shape index (κ2) is 18.4. The Hall–Kier alpha value is -4.06. The molecule has 3 N–H and O–H groups in total. The molecular weight excluding hydrogens is 1090 g/mol. The number of nitrogens with two attached hydrogens (primary N) is 1. The summed E-state index contributed by atoms with van der Waals surface area (Å²) in [5.74, 6) is 12.9. The van der Waals surface area contributed by atoms with Gasteiger partial charge in [0.25, 0.3) is 0 Å². The first-order valence-corrected chi connectivity index (χ1v) is 38.1. The van der Waals surface area contributed by atoms with Gasteiger partial charge in [0.2, 0.25) is 0 Å². The standard InChI is InChI=1S/C81H101N3O5/c82-38-10-16-48-13-6-20-60-67(48)72(86)89-81(60)65-41-49(52-15-8-31-75(43-52)33-11-32-74(75)27-1-2-28-74)22-24-58-57-19-5-14-50-39-51-23-25-62-53-40-54-47-84(62)70(51)68(66(50)57)59-26-37-79(81)71(88-73(87)80(65,79)69(58)59)64(85)42-63-55-44-76(29-3-4-30-76)78(45-55)36-12-35-77(78)34-9-18-56(77)17-7-21-61(54)83(63)46-53/h5-6,13,19-20,22,24,49-50,52-58,61-63,65-66,68,85H,1-4,8-12,14-16,18,21,23,25-47,82H2/b24-22-,71-64+/t49-,50+,52+,53+,54+,55-,56+,57+,58+,61+,62+,63+,65+,66+,68+,75+,77+,78-,79-,80-,81-/m1/s1. The average molecular weight is 1200 g/mol. The van der Waals surface area contributed by atoms with Gasteiger partial charge in [0.1, 0.15) is 11.2 Å². The quantitative estimate of drug-likeness (QED) is 0.175. The summed E-state index contributed by atoms with van der Waals surface area (Å²) < 4.78 is 15.4. The summed E-state index contributed by atoms with van der Waals surface area (Å²) in [6.07, 6.45) is 52.9. The second-order valence-electron chi connectivity index (χ2n) is 35.5. The van der Waals surface area contributed by atoms with E-state index in [1.165, 1.54) is 179 Å². The first-order chi connectivity index (χ1) is 43.6. The minimum Gasteiger partial charge on any atom is -0.509 e. The van der Waals surface area contributed by atoms with Gasteiger partial charge in [0.15, 0.2) is 11.4 Å². The summed E-state index contributed by atoms with van der Waals surface area (Å²) in [7, 11) is 0. The van der Waals surface area contributed by atoms with E-state index in [1.54, 1.807) is 16.8 Å². The van der Waals surface area contributed by atoms with Crippen LogP contribution < -0.4 is 5.73 Å². The lowest BCUT2D eigenvalue weighted by molar-refractivity contribution is -0.283. The summed E-state index contributed by atoms with van der Waals surface area (Å²) in [4.78, 5) is 39.5.